The van der Waals surface area contributed by atoms with E-state index in [-0.39, 0.29) is 5.91 Å². The summed E-state index contributed by atoms with van der Waals surface area (Å²) in [4.78, 5) is 16.8. The Bertz CT molecular complexity index is 671. The fourth-order valence-corrected chi connectivity index (χ4v) is 4.78. The normalized spacial score (nSPS) is 14.0. The number of anilines is 1. The van der Waals surface area contributed by atoms with E-state index in [0.29, 0.717) is 5.75 Å². The molecule has 2 N–H and O–H groups in total. The predicted octanol–water partition coefficient (Wildman–Crippen LogP) is 3.77. The quantitative estimate of drug-likeness (QED) is 0.648. The van der Waals surface area contributed by atoms with Gasteiger partial charge in [-0.05, 0) is 57.6 Å². The Morgan fingerprint density at radius 3 is 3.10 bits per heavy atom. The summed E-state index contributed by atoms with van der Waals surface area (Å²) < 4.78 is 0.944. The van der Waals surface area contributed by atoms with Gasteiger partial charge in [0.15, 0.2) is 0 Å². The van der Waals surface area contributed by atoms with Gasteiger partial charge in [-0.15, -0.1) is 23.1 Å². The molecule has 0 spiro atoms. The average molecular weight is 383 g/mol. The number of thiophene rings is 1. The molecule has 0 bridgehead atoms. The van der Waals surface area contributed by atoms with Crippen LogP contribution >= 0.6 is 39.0 Å². The van der Waals surface area contributed by atoms with E-state index in [1.54, 1.807) is 23.1 Å². The predicted molar refractivity (Wildman–Crippen MR) is 92.7 cm³/mol. The van der Waals surface area contributed by atoms with Crippen molar-refractivity contribution in [1.82, 2.24) is 4.90 Å². The van der Waals surface area contributed by atoms with Gasteiger partial charge in [0.1, 0.15) is 0 Å². The number of thioether (sulfide) groups is 1. The second kappa shape index (κ2) is 6.42. The van der Waals surface area contributed by atoms with Crippen LogP contribution < -0.4 is 5.73 Å². The van der Waals surface area contributed by atoms with E-state index in [4.69, 9.17) is 5.73 Å². The van der Waals surface area contributed by atoms with Crippen LogP contribution in [0.25, 0.3) is 0 Å². The van der Waals surface area contributed by atoms with E-state index in [1.165, 1.54) is 10.4 Å². The number of carbonyl (C=O) groups is 1. The minimum atomic E-state index is 0.195. The van der Waals surface area contributed by atoms with Gasteiger partial charge in [-0.2, -0.15) is 0 Å². The summed E-state index contributed by atoms with van der Waals surface area (Å²) in [6.07, 6.45) is 0.981. The van der Waals surface area contributed by atoms with Gasteiger partial charge in [0.2, 0.25) is 5.91 Å². The van der Waals surface area contributed by atoms with Crippen LogP contribution in [-0.2, 0) is 17.8 Å². The largest absolute Gasteiger partial charge is 0.399 e. The molecule has 0 atom stereocenters. The van der Waals surface area contributed by atoms with Crippen LogP contribution in [-0.4, -0.2) is 23.1 Å². The fraction of sp³-hybridized carbons (Fsp3) is 0.267. The van der Waals surface area contributed by atoms with Gasteiger partial charge in [-0.25, -0.2) is 0 Å². The minimum absolute atomic E-state index is 0.195. The van der Waals surface area contributed by atoms with Crippen LogP contribution in [0.5, 0.6) is 0 Å². The molecule has 0 unspecified atom stereocenters. The third-order valence-electron chi connectivity index (χ3n) is 3.47. The third kappa shape index (κ3) is 3.44. The van der Waals surface area contributed by atoms with Crippen LogP contribution in [0.3, 0.4) is 0 Å². The van der Waals surface area contributed by atoms with Gasteiger partial charge in [-0.1, -0.05) is 0 Å². The highest BCUT2D eigenvalue weighted by molar-refractivity contribution is 9.10. The number of amides is 1. The number of nitrogens with two attached hydrogens (primary N) is 1. The first-order valence-electron chi connectivity index (χ1n) is 6.64. The Hall–Kier alpha value is -0.980. The van der Waals surface area contributed by atoms with E-state index in [1.807, 2.05) is 23.1 Å². The molecular formula is C15H15BrN2OS2. The lowest BCUT2D eigenvalue weighted by Gasteiger charge is -2.27. The number of benzene rings is 1. The number of hydrogen-bond acceptors (Lipinski definition) is 4. The molecule has 0 saturated carbocycles. The average Bonchev–Trinajstić information content (AvgIpc) is 2.93. The first-order valence-corrected chi connectivity index (χ1v) is 9.30. The van der Waals surface area contributed by atoms with Gasteiger partial charge in [0.05, 0.1) is 5.75 Å². The van der Waals surface area contributed by atoms with Crippen molar-refractivity contribution in [1.29, 1.82) is 0 Å². The molecule has 3 nitrogen and oxygen atoms in total. The maximum Gasteiger partial charge on any atom is 0.233 e. The first kappa shape index (κ1) is 14.9. The Morgan fingerprint density at radius 2 is 2.29 bits per heavy atom. The molecule has 0 saturated heterocycles. The highest BCUT2D eigenvalue weighted by Gasteiger charge is 2.21. The van der Waals surface area contributed by atoms with Crippen molar-refractivity contribution < 1.29 is 4.79 Å². The Balaban J connectivity index is 1.60. The molecule has 21 heavy (non-hydrogen) atoms. The van der Waals surface area contributed by atoms with E-state index in [0.717, 1.165) is 34.6 Å². The summed E-state index contributed by atoms with van der Waals surface area (Å²) in [6.45, 7) is 1.58. The van der Waals surface area contributed by atoms with Gasteiger partial charge >= 0.3 is 0 Å². The molecule has 2 aromatic rings. The van der Waals surface area contributed by atoms with Crippen LogP contribution in [0.2, 0.25) is 0 Å². The molecule has 3 rings (SSSR count). The summed E-state index contributed by atoms with van der Waals surface area (Å²) >= 11 is 6.83. The molecule has 0 aliphatic carbocycles. The zero-order valence-electron chi connectivity index (χ0n) is 11.3. The lowest BCUT2D eigenvalue weighted by Crippen LogP contribution is -2.36. The van der Waals surface area contributed by atoms with E-state index >= 15 is 0 Å². The van der Waals surface area contributed by atoms with Gasteiger partial charge in [0, 0.05) is 33.0 Å². The summed E-state index contributed by atoms with van der Waals surface area (Å²) in [5.41, 5.74) is 7.75. The smallest absolute Gasteiger partial charge is 0.233 e. The van der Waals surface area contributed by atoms with Gasteiger partial charge in [0.25, 0.3) is 0 Å². The molecule has 0 fully saturated rings. The van der Waals surface area contributed by atoms with Crippen LogP contribution in [0, 0.1) is 0 Å². The lowest BCUT2D eigenvalue weighted by molar-refractivity contribution is -0.129. The minimum Gasteiger partial charge on any atom is -0.399 e. The fourth-order valence-electron chi connectivity index (χ4n) is 2.33. The molecule has 1 aromatic heterocycles. The van der Waals surface area contributed by atoms with Crippen molar-refractivity contribution >= 4 is 50.6 Å². The molecule has 2 heterocycles. The maximum atomic E-state index is 12.3. The van der Waals surface area contributed by atoms with Crippen molar-refractivity contribution in [3.8, 4) is 0 Å². The standard InChI is InChI=1S/C15H15BrN2OS2/c16-12-7-11(17)1-2-14(12)21-9-15(19)18-5-3-13-10(8-18)4-6-20-13/h1-2,4,6-7H,3,5,8-9,17H2. The zero-order chi connectivity index (χ0) is 14.8. The Kier molecular flexibility index (Phi) is 4.57. The highest BCUT2D eigenvalue weighted by Crippen LogP contribution is 2.30. The van der Waals surface area contributed by atoms with Crippen molar-refractivity contribution in [3.05, 3.63) is 44.6 Å². The molecule has 1 amide bonds. The summed E-state index contributed by atoms with van der Waals surface area (Å²) in [5, 5.41) is 2.11. The number of nitrogen functional groups attached to an aromatic ring is 1. The molecule has 1 aliphatic heterocycles. The van der Waals surface area contributed by atoms with Gasteiger partial charge < -0.3 is 10.6 Å². The summed E-state index contributed by atoms with van der Waals surface area (Å²) in [6, 6.07) is 7.80. The molecule has 1 aromatic carbocycles. The van der Waals surface area contributed by atoms with E-state index in [2.05, 4.69) is 27.4 Å². The Morgan fingerprint density at radius 1 is 1.43 bits per heavy atom. The van der Waals surface area contributed by atoms with Crippen LogP contribution in [0.4, 0.5) is 5.69 Å². The number of fused-ring (bicyclic) bond motifs is 1. The van der Waals surface area contributed by atoms with Crippen LogP contribution in [0.1, 0.15) is 10.4 Å². The Labute approximate surface area is 140 Å². The number of carbonyl (C=O) groups excluding carboxylic acids is 1. The lowest BCUT2D eigenvalue weighted by atomic mass is 10.1. The van der Waals surface area contributed by atoms with E-state index < -0.39 is 0 Å². The topological polar surface area (TPSA) is 46.3 Å². The summed E-state index contributed by atoms with van der Waals surface area (Å²) in [7, 11) is 0. The highest BCUT2D eigenvalue weighted by atomic mass is 79.9. The molecule has 1 aliphatic rings. The number of nitrogens with zero attached hydrogens (tertiary/aromatic N) is 1. The second-order valence-electron chi connectivity index (χ2n) is 4.91. The van der Waals surface area contributed by atoms with Crippen molar-refractivity contribution in [2.45, 2.75) is 17.9 Å². The zero-order valence-corrected chi connectivity index (χ0v) is 14.6. The summed E-state index contributed by atoms with van der Waals surface area (Å²) in [5.74, 6) is 0.655. The van der Waals surface area contributed by atoms with Crippen molar-refractivity contribution in [2.24, 2.45) is 0 Å². The molecule has 6 heteroatoms. The maximum absolute atomic E-state index is 12.3. The monoisotopic (exact) mass is 382 g/mol. The molecule has 0 radical (unpaired) electrons. The SMILES string of the molecule is Nc1ccc(SCC(=O)N2CCc3sccc3C2)c(Br)c1. The second-order valence-corrected chi connectivity index (χ2v) is 7.79. The van der Waals surface area contributed by atoms with Gasteiger partial charge in [-0.3, -0.25) is 4.79 Å². The number of rotatable bonds is 3. The molecular weight excluding hydrogens is 368 g/mol. The van der Waals surface area contributed by atoms with Crippen molar-refractivity contribution in [3.63, 3.8) is 0 Å². The molecule has 110 valence electrons. The third-order valence-corrected chi connectivity index (χ3v) is 6.47. The van der Waals surface area contributed by atoms with Crippen molar-refractivity contribution in [2.75, 3.05) is 18.0 Å². The van der Waals surface area contributed by atoms with E-state index in [9.17, 15) is 4.79 Å². The number of hydrogen-bond donors (Lipinski definition) is 1. The number of halogens is 1. The van der Waals surface area contributed by atoms with Crippen LogP contribution in [0.15, 0.2) is 39.0 Å². The first-order chi connectivity index (χ1) is 10.1.